The summed E-state index contributed by atoms with van der Waals surface area (Å²) in [5.74, 6) is -10.7. The summed E-state index contributed by atoms with van der Waals surface area (Å²) in [6.45, 7) is 5.72. The van der Waals surface area contributed by atoms with Gasteiger partial charge in [0.15, 0.2) is 23.3 Å². The molecule has 0 aromatic heterocycles. The Morgan fingerprint density at radius 3 is 1.81 bits per heavy atom. The summed E-state index contributed by atoms with van der Waals surface area (Å²) in [5.41, 5.74) is -0.710. The number of phenolic OH excluding ortho intramolecular Hbond substituents is 1. The van der Waals surface area contributed by atoms with Crippen LogP contribution in [0.15, 0.2) is 23.2 Å². The number of hydrogen-bond acceptors (Lipinski definition) is 2. The van der Waals surface area contributed by atoms with E-state index in [2.05, 4.69) is 4.99 Å². The van der Waals surface area contributed by atoms with Crippen molar-refractivity contribution in [3.05, 3.63) is 58.4 Å². The Hall–Kier alpha value is -1.15. The number of phenols is 1. The Labute approximate surface area is 169 Å². The van der Waals surface area contributed by atoms with Gasteiger partial charge in [-0.3, -0.25) is 0 Å². The molecule has 146 valence electrons. The summed E-state index contributed by atoms with van der Waals surface area (Å²) in [4.78, 5) is 3.34. The molecule has 2 aromatic rings. The fourth-order valence-corrected chi connectivity index (χ4v) is 1.97. The van der Waals surface area contributed by atoms with Crippen LogP contribution in [0.4, 0.5) is 27.6 Å². The molecule has 1 N–H and O–H groups in total. The van der Waals surface area contributed by atoms with Gasteiger partial charge in [0.05, 0.1) is 0 Å². The number of nitrogens with zero attached hydrogens (tertiary/aromatic N) is 1. The van der Waals surface area contributed by atoms with Crippen molar-refractivity contribution in [3.8, 4) is 5.75 Å². The van der Waals surface area contributed by atoms with Crippen LogP contribution in [0.1, 0.15) is 31.9 Å². The summed E-state index contributed by atoms with van der Waals surface area (Å²) >= 11 is -0.556. The Morgan fingerprint density at radius 2 is 1.37 bits per heavy atom. The second-order valence-electron chi connectivity index (χ2n) is 6.27. The van der Waals surface area contributed by atoms with E-state index in [1.54, 1.807) is 6.07 Å². The van der Waals surface area contributed by atoms with E-state index in [1.807, 2.05) is 20.8 Å². The monoisotopic (exact) mass is 461 g/mol. The van der Waals surface area contributed by atoms with E-state index >= 15 is 0 Å². The zero-order chi connectivity index (χ0) is 20.9. The first-order chi connectivity index (χ1) is 12.4. The molecule has 2 rings (SSSR count). The maximum absolute atomic E-state index is 13.6. The van der Waals surface area contributed by atoms with Crippen LogP contribution in [0.5, 0.6) is 5.75 Å². The van der Waals surface area contributed by atoms with Gasteiger partial charge in [0.1, 0.15) is 11.4 Å². The van der Waals surface area contributed by atoms with Crippen molar-refractivity contribution in [3.63, 3.8) is 0 Å². The third-order valence-electron chi connectivity index (χ3n) is 3.41. The summed E-state index contributed by atoms with van der Waals surface area (Å²) < 4.78 is 66.4. The van der Waals surface area contributed by atoms with Crippen LogP contribution in [0.3, 0.4) is 0 Å². The van der Waals surface area contributed by atoms with Crippen LogP contribution in [-0.4, -0.2) is 11.3 Å². The van der Waals surface area contributed by atoms with Crippen molar-refractivity contribution >= 4 is 30.5 Å². The van der Waals surface area contributed by atoms with E-state index in [4.69, 9.17) is 18.6 Å². The van der Waals surface area contributed by atoms with Gasteiger partial charge in [-0.05, 0) is 23.1 Å². The zero-order valence-electron chi connectivity index (χ0n) is 14.3. The van der Waals surface area contributed by atoms with Gasteiger partial charge < -0.3 is 5.11 Å². The fraction of sp³-hybridized carbons (Fsp3) is 0.235. The molecule has 27 heavy (non-hydrogen) atoms. The van der Waals surface area contributed by atoms with E-state index in [-0.39, 0.29) is 16.7 Å². The zero-order valence-corrected chi connectivity index (χ0v) is 17.4. The molecule has 0 bridgehead atoms. The topological polar surface area (TPSA) is 32.6 Å². The molecule has 0 amide bonds. The molecular weight excluding hydrogens is 448 g/mol. The molecule has 0 saturated carbocycles. The molecule has 0 radical (unpaired) electrons. The molecule has 0 aliphatic carbocycles. The van der Waals surface area contributed by atoms with Gasteiger partial charge >= 0.3 is 35.6 Å². The molecule has 0 fully saturated rings. The van der Waals surface area contributed by atoms with Crippen molar-refractivity contribution in [2.75, 3.05) is 0 Å². The van der Waals surface area contributed by atoms with Gasteiger partial charge in [-0.25, -0.2) is 26.9 Å². The van der Waals surface area contributed by atoms with Gasteiger partial charge in [-0.15, -0.1) is 0 Å². The van der Waals surface area contributed by atoms with Crippen molar-refractivity contribution in [2.24, 2.45) is 4.99 Å². The minimum atomic E-state index is -2.25. The molecule has 2 aromatic carbocycles. The third-order valence-corrected chi connectivity index (χ3v) is 3.41. The van der Waals surface area contributed by atoms with Crippen molar-refractivity contribution in [2.45, 2.75) is 26.2 Å². The average molecular weight is 462 g/mol. The first-order valence-corrected chi connectivity index (χ1v) is 11.6. The van der Waals surface area contributed by atoms with Crippen LogP contribution >= 0.6 is 18.6 Å². The van der Waals surface area contributed by atoms with Crippen LogP contribution in [0.2, 0.25) is 0 Å². The third kappa shape index (κ3) is 5.91. The van der Waals surface area contributed by atoms with Crippen molar-refractivity contribution in [1.29, 1.82) is 0 Å². The fourth-order valence-electron chi connectivity index (χ4n) is 1.97. The van der Waals surface area contributed by atoms with Crippen LogP contribution in [0, 0.1) is 29.1 Å². The van der Waals surface area contributed by atoms with Gasteiger partial charge in [-0.2, -0.15) is 0 Å². The number of aliphatic imine (C=N–C) groups is 1. The molecule has 0 atom stereocenters. The second-order valence-corrected chi connectivity index (χ2v) is 8.85. The first-order valence-electron chi connectivity index (χ1n) is 7.30. The Bertz CT molecular complexity index is 827. The van der Waals surface area contributed by atoms with Gasteiger partial charge in [0, 0.05) is 11.8 Å². The van der Waals surface area contributed by atoms with Gasteiger partial charge in [0.25, 0.3) is 0 Å². The van der Waals surface area contributed by atoms with Crippen molar-refractivity contribution in [1.82, 2.24) is 0 Å². The number of aromatic hydroxyl groups is 1. The summed E-state index contributed by atoms with van der Waals surface area (Å²) in [6, 6.07) is 4.54. The summed E-state index contributed by atoms with van der Waals surface area (Å²) in [7, 11) is 9.78. The predicted octanol–water partition coefficient (Wildman–Crippen LogP) is 6.51. The summed E-state index contributed by atoms with van der Waals surface area (Å²) in [5, 5.41) is 9.78. The number of halogens is 7. The van der Waals surface area contributed by atoms with E-state index in [0.29, 0.717) is 0 Å². The molecule has 0 aliphatic rings. The van der Waals surface area contributed by atoms with Gasteiger partial charge in [0.2, 0.25) is 5.82 Å². The Morgan fingerprint density at radius 1 is 0.926 bits per heavy atom. The van der Waals surface area contributed by atoms with Crippen LogP contribution in [0.25, 0.3) is 0 Å². The number of rotatable bonds is 2. The minimum absolute atomic E-state index is 0.0892. The van der Waals surface area contributed by atoms with Gasteiger partial charge in [-0.1, -0.05) is 26.8 Å². The van der Waals surface area contributed by atoms with Crippen molar-refractivity contribution < 1.29 is 44.1 Å². The molecule has 0 heterocycles. The van der Waals surface area contributed by atoms with Crippen LogP contribution in [-0.2, 0) is 22.4 Å². The quantitative estimate of drug-likeness (QED) is 0.178. The predicted molar refractivity (Wildman–Crippen MR) is 92.0 cm³/mol. The van der Waals surface area contributed by atoms with E-state index in [0.717, 1.165) is 11.8 Å². The average Bonchev–Trinajstić information content (AvgIpc) is 2.59. The molecule has 2 nitrogen and oxygen atoms in total. The second kappa shape index (κ2) is 9.87. The number of benzene rings is 2. The molecule has 0 saturated heterocycles. The maximum atomic E-state index is 13.6. The van der Waals surface area contributed by atoms with E-state index in [1.165, 1.54) is 12.1 Å². The molecule has 0 spiro atoms. The molecule has 0 aliphatic heterocycles. The SMILES string of the molecule is CC(C)(C)c1ccc(O)c(C=Nc2c(F)c(F)c(F)c(F)c2F)c1.[Cl][Ti][Cl]. The first kappa shape index (κ1) is 23.9. The van der Waals surface area contributed by atoms with E-state index < -0.39 is 51.8 Å². The van der Waals surface area contributed by atoms with Crippen LogP contribution < -0.4 is 0 Å². The standard InChI is InChI=1S/C17H14F5NO.2ClH.Ti/c1-17(2,3)9-4-5-10(24)8(6-9)7-23-16-14(21)12(19)11(18)13(20)15(16)22;;;/h4-7,24H,1-3H3;2*1H;/q;;;+2/p-2. The molecule has 10 heteroatoms. The molecular formula is C17H14Cl2F5NOTi. The Kier molecular flexibility index (Phi) is 8.73. The summed E-state index contributed by atoms with van der Waals surface area (Å²) in [6.07, 6.45) is 0.850. The number of hydrogen-bond donors (Lipinski definition) is 1. The normalized spacial score (nSPS) is 11.3. The Balaban J connectivity index is 0.00000114. The van der Waals surface area contributed by atoms with E-state index in [9.17, 15) is 27.1 Å². The molecule has 0 unspecified atom stereocenters.